The maximum absolute atomic E-state index is 12.9. The first kappa shape index (κ1) is 21.1. The van der Waals surface area contributed by atoms with Crippen molar-refractivity contribution in [1.29, 1.82) is 0 Å². The van der Waals surface area contributed by atoms with Crippen molar-refractivity contribution in [2.45, 2.75) is 36.6 Å². The third-order valence-electron chi connectivity index (χ3n) is 5.31. The van der Waals surface area contributed by atoms with E-state index in [1.54, 1.807) is 6.07 Å². The molecule has 0 aliphatic heterocycles. The minimum absolute atomic E-state index is 0.0158. The lowest BCUT2D eigenvalue weighted by Crippen LogP contribution is -2.40. The van der Waals surface area contributed by atoms with Crippen LogP contribution in [0, 0.1) is 0 Å². The van der Waals surface area contributed by atoms with E-state index in [0.29, 0.717) is 23.0 Å². The smallest absolute Gasteiger partial charge is 0.321 e. The molecule has 4 aromatic rings. The van der Waals surface area contributed by atoms with Gasteiger partial charge in [0.2, 0.25) is 10.0 Å². The topological polar surface area (TPSA) is 96.6 Å². The van der Waals surface area contributed by atoms with Crippen LogP contribution >= 0.6 is 0 Å². The van der Waals surface area contributed by atoms with Crippen molar-refractivity contribution in [1.82, 2.24) is 4.72 Å². The number of fused-ring (bicyclic) bond motifs is 3. The van der Waals surface area contributed by atoms with Crippen LogP contribution in [0.15, 0.2) is 82.1 Å². The van der Waals surface area contributed by atoms with E-state index in [2.05, 4.69) is 4.72 Å². The number of aryl methyl sites for hydroxylation is 1. The standard InChI is InChI=1S/C24H23NO5S/c26-24(27)21(12-6-4-10-17-8-2-1-3-9-17)25-31(28,29)18-14-15-23-20(16-18)19-11-5-7-13-22(19)30-23/h1-3,5,7-9,11,13-16,21,25H,4,6,10,12H2,(H,26,27). The lowest BCUT2D eigenvalue weighted by Gasteiger charge is -2.15. The summed E-state index contributed by atoms with van der Waals surface area (Å²) in [6.45, 7) is 0. The Hall–Kier alpha value is -3.16. The summed E-state index contributed by atoms with van der Waals surface area (Å²) in [5.41, 5.74) is 2.42. The molecule has 31 heavy (non-hydrogen) atoms. The summed E-state index contributed by atoms with van der Waals surface area (Å²) in [6, 6.07) is 20.7. The molecule has 1 heterocycles. The molecule has 1 atom stereocenters. The zero-order chi connectivity index (χ0) is 21.8. The molecular formula is C24H23NO5S. The predicted molar refractivity (Wildman–Crippen MR) is 119 cm³/mol. The van der Waals surface area contributed by atoms with E-state index in [0.717, 1.165) is 18.2 Å². The number of sulfonamides is 1. The molecule has 0 saturated heterocycles. The van der Waals surface area contributed by atoms with E-state index >= 15 is 0 Å². The maximum atomic E-state index is 12.9. The van der Waals surface area contributed by atoms with Crippen LogP contribution in [-0.4, -0.2) is 25.5 Å². The van der Waals surface area contributed by atoms with Crippen LogP contribution in [0.2, 0.25) is 0 Å². The molecule has 4 rings (SSSR count). The first-order valence-electron chi connectivity index (χ1n) is 10.1. The number of carboxylic acids is 1. The molecule has 0 saturated carbocycles. The largest absolute Gasteiger partial charge is 0.480 e. The van der Waals surface area contributed by atoms with Gasteiger partial charge < -0.3 is 9.52 Å². The highest BCUT2D eigenvalue weighted by Gasteiger charge is 2.25. The van der Waals surface area contributed by atoms with E-state index in [1.807, 2.05) is 54.6 Å². The number of furan rings is 1. The fourth-order valence-corrected chi connectivity index (χ4v) is 4.93. The lowest BCUT2D eigenvalue weighted by atomic mass is 10.0. The number of rotatable bonds is 9. The van der Waals surface area contributed by atoms with Crippen molar-refractivity contribution in [3.63, 3.8) is 0 Å². The van der Waals surface area contributed by atoms with Crippen LogP contribution in [0.4, 0.5) is 0 Å². The van der Waals surface area contributed by atoms with Gasteiger partial charge in [-0.15, -0.1) is 0 Å². The number of carboxylic acid groups (broad SMARTS) is 1. The Morgan fingerprint density at radius 1 is 0.903 bits per heavy atom. The van der Waals surface area contributed by atoms with Gasteiger partial charge in [-0.3, -0.25) is 4.79 Å². The van der Waals surface area contributed by atoms with Gasteiger partial charge in [-0.1, -0.05) is 55.0 Å². The Kier molecular flexibility index (Phi) is 6.06. The normalized spacial score (nSPS) is 12.9. The minimum Gasteiger partial charge on any atom is -0.480 e. The summed E-state index contributed by atoms with van der Waals surface area (Å²) >= 11 is 0. The van der Waals surface area contributed by atoms with Gasteiger partial charge >= 0.3 is 5.97 Å². The fraction of sp³-hybridized carbons (Fsp3) is 0.208. The Bertz CT molecular complexity index is 1310. The highest BCUT2D eigenvalue weighted by atomic mass is 32.2. The molecule has 0 amide bonds. The summed E-state index contributed by atoms with van der Waals surface area (Å²) in [7, 11) is -4.00. The van der Waals surface area contributed by atoms with E-state index in [9.17, 15) is 18.3 Å². The Morgan fingerprint density at radius 2 is 1.61 bits per heavy atom. The number of carbonyl (C=O) groups is 1. The molecule has 0 aliphatic carbocycles. The molecule has 160 valence electrons. The van der Waals surface area contributed by atoms with Crippen LogP contribution in [0.1, 0.15) is 24.8 Å². The van der Waals surface area contributed by atoms with Crippen molar-refractivity contribution >= 4 is 37.9 Å². The van der Waals surface area contributed by atoms with Gasteiger partial charge in [0.15, 0.2) is 0 Å². The van der Waals surface area contributed by atoms with Crippen molar-refractivity contribution in [3.05, 3.63) is 78.4 Å². The molecule has 2 N–H and O–H groups in total. The molecule has 0 radical (unpaired) electrons. The zero-order valence-electron chi connectivity index (χ0n) is 16.8. The number of hydrogen-bond acceptors (Lipinski definition) is 4. The molecular weight excluding hydrogens is 414 g/mol. The average molecular weight is 438 g/mol. The second-order valence-corrected chi connectivity index (χ2v) is 9.21. The number of para-hydroxylation sites is 1. The Morgan fingerprint density at radius 3 is 2.39 bits per heavy atom. The van der Waals surface area contributed by atoms with Gasteiger partial charge in [0, 0.05) is 10.8 Å². The first-order chi connectivity index (χ1) is 14.9. The zero-order valence-corrected chi connectivity index (χ0v) is 17.6. The number of unbranched alkanes of at least 4 members (excludes halogenated alkanes) is 1. The molecule has 0 fully saturated rings. The maximum Gasteiger partial charge on any atom is 0.321 e. The van der Waals surface area contributed by atoms with Crippen LogP contribution in [0.5, 0.6) is 0 Å². The summed E-state index contributed by atoms with van der Waals surface area (Å²) in [6.07, 6.45) is 2.42. The van der Waals surface area contributed by atoms with Crippen LogP contribution < -0.4 is 4.72 Å². The van der Waals surface area contributed by atoms with E-state index in [-0.39, 0.29) is 11.3 Å². The van der Waals surface area contributed by atoms with Crippen molar-refractivity contribution in [2.24, 2.45) is 0 Å². The fourth-order valence-electron chi connectivity index (χ4n) is 3.68. The number of aliphatic carboxylic acids is 1. The van der Waals surface area contributed by atoms with Crippen molar-refractivity contribution in [3.8, 4) is 0 Å². The summed E-state index contributed by atoms with van der Waals surface area (Å²) in [5.74, 6) is -1.18. The van der Waals surface area contributed by atoms with Crippen molar-refractivity contribution in [2.75, 3.05) is 0 Å². The Labute approximate surface area is 180 Å². The van der Waals surface area contributed by atoms with Gasteiger partial charge in [-0.05, 0) is 49.1 Å². The number of nitrogens with one attached hydrogen (secondary N) is 1. The molecule has 1 aromatic heterocycles. The molecule has 7 heteroatoms. The van der Waals surface area contributed by atoms with Crippen LogP contribution in [-0.2, 0) is 21.2 Å². The van der Waals surface area contributed by atoms with Gasteiger partial charge in [0.05, 0.1) is 4.90 Å². The van der Waals surface area contributed by atoms with Gasteiger partial charge in [0.25, 0.3) is 0 Å². The molecule has 1 unspecified atom stereocenters. The molecule has 0 bridgehead atoms. The highest BCUT2D eigenvalue weighted by Crippen LogP contribution is 2.30. The summed E-state index contributed by atoms with van der Waals surface area (Å²) < 4.78 is 33.9. The first-order valence-corrected chi connectivity index (χ1v) is 11.6. The quantitative estimate of drug-likeness (QED) is 0.369. The summed E-state index contributed by atoms with van der Waals surface area (Å²) in [5, 5.41) is 11.0. The van der Waals surface area contributed by atoms with E-state index in [4.69, 9.17) is 4.42 Å². The predicted octanol–water partition coefficient (Wildman–Crippen LogP) is 4.73. The van der Waals surface area contributed by atoms with Crippen LogP contribution in [0.3, 0.4) is 0 Å². The van der Waals surface area contributed by atoms with Gasteiger partial charge in [0.1, 0.15) is 17.2 Å². The number of benzene rings is 3. The second-order valence-electron chi connectivity index (χ2n) is 7.50. The molecule has 3 aromatic carbocycles. The average Bonchev–Trinajstić information content (AvgIpc) is 3.14. The molecule has 0 spiro atoms. The third kappa shape index (κ3) is 4.78. The second kappa shape index (κ2) is 8.91. The van der Waals surface area contributed by atoms with E-state index < -0.39 is 22.0 Å². The van der Waals surface area contributed by atoms with E-state index in [1.165, 1.54) is 17.7 Å². The number of hydrogen-bond donors (Lipinski definition) is 2. The highest BCUT2D eigenvalue weighted by molar-refractivity contribution is 7.89. The lowest BCUT2D eigenvalue weighted by molar-refractivity contribution is -0.139. The Balaban J connectivity index is 1.47. The SMILES string of the molecule is O=C(O)C(CCCCc1ccccc1)NS(=O)(=O)c1ccc2oc3ccccc3c2c1. The third-order valence-corrected chi connectivity index (χ3v) is 6.77. The van der Waals surface area contributed by atoms with Crippen molar-refractivity contribution < 1.29 is 22.7 Å². The monoisotopic (exact) mass is 437 g/mol. The van der Waals surface area contributed by atoms with Crippen LogP contribution in [0.25, 0.3) is 21.9 Å². The minimum atomic E-state index is -4.00. The molecule has 6 nitrogen and oxygen atoms in total. The molecule has 0 aliphatic rings. The summed E-state index contributed by atoms with van der Waals surface area (Å²) in [4.78, 5) is 11.7. The van der Waals surface area contributed by atoms with Gasteiger partial charge in [-0.2, -0.15) is 4.72 Å². The van der Waals surface area contributed by atoms with Gasteiger partial charge in [-0.25, -0.2) is 8.42 Å².